The number of benzene rings is 3. The zero-order chi connectivity index (χ0) is 44.8. The SMILES string of the molecule is CC(=O)O[C@H]1C(=O)[C@]2(C)[C@@H](O)C[C@H]3OC[C@@]3(OC(C)=O)C23[C@H](OC(=O)c2ccccc2)[C@]2(O)C[C@H](OC(=O)[C@H](O)[C@@H](NC(=O)c4ccccc4)c4ccccc4)C(C)C13C2(C)C.[HH]. The van der Waals surface area contributed by atoms with Crippen molar-refractivity contribution in [2.45, 2.75) is 108 Å². The Bertz CT molecular complexity index is 2310. The summed E-state index contributed by atoms with van der Waals surface area (Å²) in [5.41, 5.74) is -11.4. The maximum absolute atomic E-state index is 15.5. The minimum absolute atomic E-state index is 0. The molecule has 1 heterocycles. The number of aliphatic hydroxyl groups excluding tert-OH is 2. The summed E-state index contributed by atoms with van der Waals surface area (Å²) in [7, 11) is 0. The van der Waals surface area contributed by atoms with Crippen molar-refractivity contribution in [1.82, 2.24) is 5.32 Å². The van der Waals surface area contributed by atoms with E-state index in [-0.39, 0.29) is 25.6 Å². The third-order valence-corrected chi connectivity index (χ3v) is 15.3. The fraction of sp³-hybridized carbons (Fsp3) is 0.489. The Morgan fingerprint density at radius 2 is 1.42 bits per heavy atom. The highest BCUT2D eigenvalue weighted by atomic mass is 16.6. The molecular formula is C47H53NO14. The van der Waals surface area contributed by atoms with Crippen LogP contribution in [-0.4, -0.2) is 105 Å². The molecule has 1 aliphatic heterocycles. The van der Waals surface area contributed by atoms with Gasteiger partial charge >= 0.3 is 23.9 Å². The Morgan fingerprint density at radius 1 is 0.839 bits per heavy atom. The molecule has 15 heteroatoms. The maximum Gasteiger partial charge on any atom is 0.338 e. The van der Waals surface area contributed by atoms with Crippen LogP contribution in [-0.2, 0) is 42.9 Å². The fourth-order valence-electron chi connectivity index (χ4n) is 12.8. The standard InChI is InChI=1S/C47H51NO14.H2/c1-25-31(60-40(56)35(52)34(28-16-10-7-11-17-28)48-38(54)29-18-12-8-13-19-29)23-44(57)41(61-39(55)30-20-14-9-15-21-30)47-43(6,32(51)22-33-45(47,24-58-33)62-27(3)50)36(53)37(59-26(2)49)46(25,47)42(44,4)5;/h7-21,25,31-35,37,41,51-52,57H,22-24H2,1-6H3,(H,48,54);1H/t25?,31-,32-,33+,34-,35+,37-,41+,43-,44+,45-,46?,47?;/m0./s1. The summed E-state index contributed by atoms with van der Waals surface area (Å²) in [4.78, 5) is 84.6. The van der Waals surface area contributed by atoms with Crippen molar-refractivity contribution in [3.8, 4) is 0 Å². The summed E-state index contributed by atoms with van der Waals surface area (Å²) >= 11 is 0. The number of fused-ring (bicyclic) bond motifs is 2. The molecule has 15 nitrogen and oxygen atoms in total. The van der Waals surface area contributed by atoms with Crippen LogP contribution < -0.4 is 5.32 Å². The smallest absolute Gasteiger partial charge is 0.338 e. The van der Waals surface area contributed by atoms with Gasteiger partial charge in [-0.05, 0) is 36.8 Å². The van der Waals surface area contributed by atoms with E-state index in [2.05, 4.69) is 5.32 Å². The monoisotopic (exact) mass is 855 g/mol. The molecule has 5 fully saturated rings. The normalized spacial score (nSPS) is 36.9. The largest absolute Gasteiger partial charge is 0.460 e. The van der Waals surface area contributed by atoms with E-state index in [9.17, 15) is 39.3 Å². The molecule has 62 heavy (non-hydrogen) atoms. The summed E-state index contributed by atoms with van der Waals surface area (Å²) in [6.45, 7) is 8.25. The lowest BCUT2D eigenvalue weighted by molar-refractivity contribution is -0.387. The second kappa shape index (κ2) is 14.8. The van der Waals surface area contributed by atoms with Crippen LogP contribution in [0.3, 0.4) is 0 Å². The Balaban J connectivity index is 0.00000595. The number of hydrogen-bond donors (Lipinski definition) is 4. The first kappa shape index (κ1) is 43.2. The summed E-state index contributed by atoms with van der Waals surface area (Å²) in [5, 5.41) is 40.7. The van der Waals surface area contributed by atoms with Crippen LogP contribution in [0.2, 0.25) is 0 Å². The molecule has 3 unspecified atom stereocenters. The zero-order valence-electron chi connectivity index (χ0n) is 35.2. The van der Waals surface area contributed by atoms with Gasteiger partial charge in [0.2, 0.25) is 0 Å². The van der Waals surface area contributed by atoms with Gasteiger partial charge in [0, 0.05) is 50.4 Å². The number of carbonyl (C=O) groups is 6. The van der Waals surface area contributed by atoms with E-state index < -0.39 is 123 Å². The number of amides is 1. The highest BCUT2D eigenvalue weighted by molar-refractivity contribution is 5.98. The highest BCUT2D eigenvalue weighted by Gasteiger charge is 3.02. The van der Waals surface area contributed by atoms with Crippen LogP contribution in [0.25, 0.3) is 0 Å². The quantitative estimate of drug-likeness (QED) is 0.169. The molecule has 5 aliphatic rings. The minimum atomic E-state index is -2.31. The first-order valence-corrected chi connectivity index (χ1v) is 20.8. The van der Waals surface area contributed by atoms with Crippen molar-refractivity contribution in [3.05, 3.63) is 108 Å². The lowest BCUT2D eigenvalue weighted by Gasteiger charge is -2.70. The van der Waals surface area contributed by atoms with Crippen molar-refractivity contribution < 1.29 is 69.2 Å². The average Bonchev–Trinajstić information content (AvgIpc) is 3.46. The molecule has 0 aromatic heterocycles. The molecule has 3 aromatic rings. The number of ether oxygens (including phenoxy) is 5. The van der Waals surface area contributed by atoms with Gasteiger partial charge in [-0.1, -0.05) is 87.5 Å². The average molecular weight is 856 g/mol. The van der Waals surface area contributed by atoms with E-state index in [1.807, 2.05) is 0 Å². The summed E-state index contributed by atoms with van der Waals surface area (Å²) in [5.74, 6) is -6.35. The van der Waals surface area contributed by atoms with Crippen LogP contribution >= 0.6 is 0 Å². The molecule has 13 atom stereocenters. The van der Waals surface area contributed by atoms with Gasteiger partial charge in [0.15, 0.2) is 23.6 Å². The molecule has 8 rings (SSSR count). The molecule has 3 aromatic carbocycles. The first-order valence-electron chi connectivity index (χ1n) is 20.8. The van der Waals surface area contributed by atoms with Crippen LogP contribution in [0.1, 0.15) is 88.1 Å². The molecule has 0 radical (unpaired) electrons. The van der Waals surface area contributed by atoms with Gasteiger partial charge in [0.1, 0.15) is 23.9 Å². The number of Topliss-reactive ketones (excluding diaryl/α,β-unsaturated/α-hetero) is 1. The molecule has 330 valence electrons. The van der Waals surface area contributed by atoms with Crippen LogP contribution in [0, 0.1) is 27.6 Å². The topological polar surface area (TPSA) is 221 Å². The fourth-order valence-corrected chi connectivity index (χ4v) is 12.8. The Morgan fingerprint density at radius 3 is 1.97 bits per heavy atom. The summed E-state index contributed by atoms with van der Waals surface area (Å²) in [6, 6.07) is 23.0. The van der Waals surface area contributed by atoms with Gasteiger partial charge < -0.3 is 44.3 Å². The zero-order valence-corrected chi connectivity index (χ0v) is 35.2. The number of nitrogens with one attached hydrogen (secondary N) is 1. The third kappa shape index (κ3) is 5.43. The van der Waals surface area contributed by atoms with E-state index in [1.54, 1.807) is 99.6 Å². The Kier molecular flexibility index (Phi) is 10.3. The first-order chi connectivity index (χ1) is 29.3. The van der Waals surface area contributed by atoms with Gasteiger partial charge in [-0.2, -0.15) is 0 Å². The van der Waals surface area contributed by atoms with E-state index in [0.29, 0.717) is 5.56 Å². The lowest BCUT2D eigenvalue weighted by Crippen LogP contribution is -2.84. The Labute approximate surface area is 359 Å². The van der Waals surface area contributed by atoms with Crippen molar-refractivity contribution >= 4 is 35.6 Å². The number of aliphatic hydroxyl groups is 3. The highest BCUT2D eigenvalue weighted by Crippen LogP contribution is 2.89. The molecule has 4 aliphatic carbocycles. The van der Waals surface area contributed by atoms with Crippen LogP contribution in [0.5, 0.6) is 0 Å². The van der Waals surface area contributed by atoms with Crippen LogP contribution in [0.15, 0.2) is 91.0 Å². The van der Waals surface area contributed by atoms with E-state index in [0.717, 1.165) is 13.8 Å². The van der Waals surface area contributed by atoms with Crippen molar-refractivity contribution in [3.63, 3.8) is 0 Å². The molecule has 2 spiro atoms. The second-order valence-corrected chi connectivity index (χ2v) is 18.1. The Hall–Kier alpha value is -5.48. The van der Waals surface area contributed by atoms with Gasteiger partial charge in [-0.3, -0.25) is 19.2 Å². The van der Waals surface area contributed by atoms with Gasteiger partial charge in [0.25, 0.3) is 5.91 Å². The summed E-state index contributed by atoms with van der Waals surface area (Å²) < 4.78 is 31.3. The van der Waals surface area contributed by atoms with E-state index in [1.165, 1.54) is 19.1 Å². The van der Waals surface area contributed by atoms with Crippen molar-refractivity contribution in [1.29, 1.82) is 0 Å². The maximum atomic E-state index is 15.5. The van der Waals surface area contributed by atoms with E-state index >= 15 is 4.79 Å². The van der Waals surface area contributed by atoms with Gasteiger partial charge in [-0.25, -0.2) is 9.59 Å². The number of hydrogen-bond acceptors (Lipinski definition) is 14. The number of rotatable bonds is 10. The second-order valence-electron chi connectivity index (χ2n) is 18.1. The third-order valence-electron chi connectivity index (χ3n) is 15.3. The molecule has 2 bridgehead atoms. The molecule has 1 saturated heterocycles. The van der Waals surface area contributed by atoms with Crippen LogP contribution in [0.4, 0.5) is 0 Å². The van der Waals surface area contributed by atoms with Gasteiger partial charge in [0.05, 0.1) is 35.1 Å². The number of ketones is 1. The predicted molar refractivity (Wildman–Crippen MR) is 218 cm³/mol. The number of carbonyl (C=O) groups excluding carboxylic acids is 6. The van der Waals surface area contributed by atoms with Gasteiger partial charge in [-0.15, -0.1) is 0 Å². The van der Waals surface area contributed by atoms with Crippen molar-refractivity contribution in [2.24, 2.45) is 27.6 Å². The molecule has 4 saturated carbocycles. The predicted octanol–water partition coefficient (Wildman–Crippen LogP) is 3.67. The van der Waals surface area contributed by atoms with E-state index in [4.69, 9.17) is 23.7 Å². The minimum Gasteiger partial charge on any atom is -0.460 e. The van der Waals surface area contributed by atoms with Crippen molar-refractivity contribution in [2.75, 3.05) is 6.61 Å². The molecule has 4 N–H and O–H groups in total. The lowest BCUT2D eigenvalue weighted by atomic mass is 9.37. The summed E-state index contributed by atoms with van der Waals surface area (Å²) in [6.07, 6.45) is -10.5. The number of esters is 4. The molecular weight excluding hydrogens is 803 g/mol. The molecule has 1 amide bonds.